The number of aromatic hydroxyl groups is 1. The first-order valence-corrected chi connectivity index (χ1v) is 9.99. The van der Waals surface area contributed by atoms with Gasteiger partial charge in [0.1, 0.15) is 24.7 Å². The van der Waals surface area contributed by atoms with Gasteiger partial charge in [-0.15, -0.1) is 0 Å². The molecule has 0 atom stereocenters. The minimum atomic E-state index is -1.04. The number of carboxylic acid groups (broad SMARTS) is 1. The largest absolute Gasteiger partial charge is 0.507 e. The average Bonchev–Trinajstić information content (AvgIpc) is 2.75. The van der Waals surface area contributed by atoms with E-state index >= 15 is 0 Å². The lowest BCUT2D eigenvalue weighted by atomic mass is 10.0. The quantitative estimate of drug-likeness (QED) is 0.362. The number of carbonyl (C=O) groups excluding carboxylic acids is 1. The van der Waals surface area contributed by atoms with Crippen LogP contribution in [0.25, 0.3) is 0 Å². The van der Waals surface area contributed by atoms with Crippen molar-refractivity contribution in [1.82, 2.24) is 0 Å². The lowest BCUT2D eigenvalue weighted by Crippen LogP contribution is -2.13. The standard InChI is InChI=1S/C23H28O8/c1-4-5-18(24)17-7-9-19(15(2)22(17)25)30-12-10-29-11-13-31-20-8-6-16(23(26)27)14-21(20)28-3/h6-9,14,25H,4-5,10-13H2,1-3H3,(H,26,27). The lowest BCUT2D eigenvalue weighted by molar-refractivity contribution is 0.0695. The van der Waals surface area contributed by atoms with Gasteiger partial charge in [0.05, 0.1) is 31.5 Å². The van der Waals surface area contributed by atoms with Gasteiger partial charge in [-0.1, -0.05) is 6.92 Å². The van der Waals surface area contributed by atoms with Crippen LogP contribution >= 0.6 is 0 Å². The number of carboxylic acids is 1. The Bertz CT molecular complexity index is 907. The number of carbonyl (C=O) groups is 2. The van der Waals surface area contributed by atoms with Crippen LogP contribution < -0.4 is 14.2 Å². The lowest BCUT2D eigenvalue weighted by Gasteiger charge is -2.13. The molecular weight excluding hydrogens is 404 g/mol. The van der Waals surface area contributed by atoms with E-state index in [9.17, 15) is 14.7 Å². The molecule has 0 aromatic heterocycles. The molecule has 31 heavy (non-hydrogen) atoms. The Labute approximate surface area is 181 Å². The Morgan fingerprint density at radius 1 is 0.935 bits per heavy atom. The molecule has 0 radical (unpaired) electrons. The summed E-state index contributed by atoms with van der Waals surface area (Å²) in [7, 11) is 1.44. The fourth-order valence-corrected chi connectivity index (χ4v) is 2.87. The average molecular weight is 432 g/mol. The first-order valence-electron chi connectivity index (χ1n) is 9.99. The molecule has 0 bridgehead atoms. The minimum Gasteiger partial charge on any atom is -0.507 e. The molecule has 0 saturated heterocycles. The van der Waals surface area contributed by atoms with Crippen LogP contribution in [0.15, 0.2) is 30.3 Å². The summed E-state index contributed by atoms with van der Waals surface area (Å²) < 4.78 is 21.8. The highest BCUT2D eigenvalue weighted by Crippen LogP contribution is 2.31. The number of phenolic OH excluding ortho intramolecular Hbond substituents is 1. The molecule has 8 heteroatoms. The van der Waals surface area contributed by atoms with E-state index in [1.807, 2.05) is 6.92 Å². The van der Waals surface area contributed by atoms with Crippen molar-refractivity contribution in [2.45, 2.75) is 26.7 Å². The highest BCUT2D eigenvalue weighted by atomic mass is 16.6. The number of aromatic carboxylic acids is 1. The predicted molar refractivity (Wildman–Crippen MR) is 114 cm³/mol. The summed E-state index contributed by atoms with van der Waals surface area (Å²) in [5, 5.41) is 19.3. The van der Waals surface area contributed by atoms with Crippen molar-refractivity contribution < 1.29 is 38.7 Å². The molecule has 0 spiro atoms. The van der Waals surface area contributed by atoms with E-state index < -0.39 is 5.97 Å². The molecule has 0 amide bonds. The molecule has 2 aromatic rings. The van der Waals surface area contributed by atoms with Crippen molar-refractivity contribution in [2.75, 3.05) is 33.5 Å². The van der Waals surface area contributed by atoms with Crippen molar-refractivity contribution in [3.8, 4) is 23.0 Å². The molecule has 168 valence electrons. The molecule has 2 aromatic carbocycles. The third kappa shape index (κ3) is 6.62. The zero-order chi connectivity index (χ0) is 22.8. The molecule has 0 unspecified atom stereocenters. The number of rotatable bonds is 13. The van der Waals surface area contributed by atoms with Crippen LogP contribution in [-0.4, -0.2) is 55.5 Å². The molecule has 8 nitrogen and oxygen atoms in total. The van der Waals surface area contributed by atoms with Gasteiger partial charge < -0.3 is 29.2 Å². The summed E-state index contributed by atoms with van der Waals surface area (Å²) in [5.41, 5.74) is 0.941. The zero-order valence-electron chi connectivity index (χ0n) is 18.0. The Hall–Kier alpha value is -3.26. The van der Waals surface area contributed by atoms with Gasteiger partial charge in [-0.25, -0.2) is 4.79 Å². The Kier molecular flexibility index (Phi) is 9.14. The Balaban J connectivity index is 1.75. The third-order valence-corrected chi connectivity index (χ3v) is 4.54. The van der Waals surface area contributed by atoms with Gasteiger partial charge in [0, 0.05) is 12.0 Å². The number of ketones is 1. The number of hydrogen-bond acceptors (Lipinski definition) is 7. The van der Waals surface area contributed by atoms with Crippen LogP contribution in [0, 0.1) is 6.92 Å². The highest BCUT2D eigenvalue weighted by Gasteiger charge is 2.15. The molecule has 2 rings (SSSR count). The Morgan fingerprint density at radius 3 is 2.19 bits per heavy atom. The number of Topliss-reactive ketones (excluding diaryl/α,β-unsaturated/α-hetero) is 1. The second-order valence-corrected chi connectivity index (χ2v) is 6.74. The van der Waals surface area contributed by atoms with E-state index in [-0.39, 0.29) is 30.3 Å². The summed E-state index contributed by atoms with van der Waals surface area (Å²) in [6, 6.07) is 7.62. The van der Waals surface area contributed by atoms with E-state index in [4.69, 9.17) is 24.1 Å². The second-order valence-electron chi connectivity index (χ2n) is 6.74. The van der Waals surface area contributed by atoms with Gasteiger partial charge >= 0.3 is 5.97 Å². The van der Waals surface area contributed by atoms with Crippen LogP contribution in [0.1, 0.15) is 46.0 Å². The van der Waals surface area contributed by atoms with Gasteiger partial charge in [-0.3, -0.25) is 4.79 Å². The zero-order valence-corrected chi connectivity index (χ0v) is 18.0. The van der Waals surface area contributed by atoms with Crippen molar-refractivity contribution in [3.05, 3.63) is 47.0 Å². The first kappa shape index (κ1) is 24.0. The van der Waals surface area contributed by atoms with E-state index in [0.717, 1.165) is 6.42 Å². The van der Waals surface area contributed by atoms with Gasteiger partial charge in [0.2, 0.25) is 0 Å². The van der Waals surface area contributed by atoms with Crippen LogP contribution in [0.3, 0.4) is 0 Å². The van der Waals surface area contributed by atoms with E-state index in [2.05, 4.69) is 0 Å². The SMILES string of the molecule is CCCC(=O)c1ccc(OCCOCCOc2ccc(C(=O)O)cc2OC)c(C)c1O. The maximum Gasteiger partial charge on any atom is 0.335 e. The highest BCUT2D eigenvalue weighted by molar-refractivity contribution is 5.99. The number of methoxy groups -OCH3 is 1. The molecule has 0 heterocycles. The van der Waals surface area contributed by atoms with Gasteiger partial charge in [0.25, 0.3) is 0 Å². The molecule has 2 N–H and O–H groups in total. The summed E-state index contributed by atoms with van der Waals surface area (Å²) in [4.78, 5) is 23.0. The van der Waals surface area contributed by atoms with Gasteiger partial charge in [-0.05, 0) is 43.7 Å². The van der Waals surface area contributed by atoms with Crippen LogP contribution in [-0.2, 0) is 4.74 Å². The van der Waals surface area contributed by atoms with Crippen molar-refractivity contribution >= 4 is 11.8 Å². The molecule has 0 fully saturated rings. The van der Waals surface area contributed by atoms with Gasteiger partial charge in [-0.2, -0.15) is 0 Å². The predicted octanol–water partition coefficient (Wildman–Crippen LogP) is 3.86. The molecule has 0 aliphatic heterocycles. The topological polar surface area (TPSA) is 112 Å². The number of ether oxygens (including phenoxy) is 4. The smallest absolute Gasteiger partial charge is 0.335 e. The normalized spacial score (nSPS) is 10.5. The van der Waals surface area contributed by atoms with E-state index in [1.54, 1.807) is 19.1 Å². The van der Waals surface area contributed by atoms with Crippen LogP contribution in [0.2, 0.25) is 0 Å². The Morgan fingerprint density at radius 2 is 1.58 bits per heavy atom. The maximum absolute atomic E-state index is 12.0. The van der Waals surface area contributed by atoms with E-state index in [1.165, 1.54) is 25.3 Å². The molecular formula is C23H28O8. The minimum absolute atomic E-state index is 0.0480. The van der Waals surface area contributed by atoms with Gasteiger partial charge in [0.15, 0.2) is 17.3 Å². The molecule has 0 aliphatic carbocycles. The third-order valence-electron chi connectivity index (χ3n) is 4.54. The summed E-state index contributed by atoms with van der Waals surface area (Å²) in [6.07, 6.45) is 1.11. The second kappa shape index (κ2) is 11.8. The van der Waals surface area contributed by atoms with Crippen molar-refractivity contribution in [3.63, 3.8) is 0 Å². The summed E-state index contributed by atoms with van der Waals surface area (Å²) in [6.45, 7) is 4.72. The van der Waals surface area contributed by atoms with Crippen molar-refractivity contribution in [1.29, 1.82) is 0 Å². The number of benzene rings is 2. The van der Waals surface area contributed by atoms with Crippen molar-refractivity contribution in [2.24, 2.45) is 0 Å². The molecule has 0 aliphatic rings. The summed E-state index contributed by atoms with van der Waals surface area (Å²) >= 11 is 0. The fraction of sp³-hybridized carbons (Fsp3) is 0.391. The fourth-order valence-electron chi connectivity index (χ4n) is 2.87. The van der Waals surface area contributed by atoms with Crippen LogP contribution in [0.5, 0.6) is 23.0 Å². The number of phenols is 1. The molecule has 0 saturated carbocycles. The maximum atomic E-state index is 12.0. The number of hydrogen-bond donors (Lipinski definition) is 2. The van der Waals surface area contributed by atoms with E-state index in [0.29, 0.717) is 48.0 Å². The summed E-state index contributed by atoms with van der Waals surface area (Å²) in [5.74, 6) is 0.0727. The first-order chi connectivity index (χ1) is 14.9. The van der Waals surface area contributed by atoms with Crippen LogP contribution in [0.4, 0.5) is 0 Å². The monoisotopic (exact) mass is 432 g/mol.